The van der Waals surface area contributed by atoms with Gasteiger partial charge in [-0.15, -0.1) is 0 Å². The fourth-order valence-electron chi connectivity index (χ4n) is 1.81. The first-order valence-electron chi connectivity index (χ1n) is 6.63. The van der Waals surface area contributed by atoms with E-state index in [4.69, 9.17) is 0 Å². The summed E-state index contributed by atoms with van der Waals surface area (Å²) in [6.07, 6.45) is 0. The number of carbonyl (C=O) groups excluding carboxylic acids is 1. The summed E-state index contributed by atoms with van der Waals surface area (Å²) in [7, 11) is 0. The largest absolute Gasteiger partial charge is 0.271 e. The van der Waals surface area contributed by atoms with Gasteiger partial charge in [0.25, 0.3) is 11.6 Å². The molecule has 0 aliphatic rings. The van der Waals surface area contributed by atoms with Gasteiger partial charge in [0.2, 0.25) is 0 Å². The lowest BCUT2D eigenvalue weighted by Crippen LogP contribution is -2.19. The summed E-state index contributed by atoms with van der Waals surface area (Å²) in [5.74, 6) is -0.329. The summed E-state index contributed by atoms with van der Waals surface area (Å²) in [5.41, 5.74) is 5.06. The molecular weight excluding hydrogens is 282 g/mol. The minimum absolute atomic E-state index is 0.0167. The Kier molecular flexibility index (Phi) is 4.63. The van der Waals surface area contributed by atoms with E-state index in [2.05, 4.69) is 10.5 Å². The number of benzene rings is 2. The predicted octanol–water partition coefficient (Wildman–Crippen LogP) is 3.06. The molecule has 0 heterocycles. The van der Waals surface area contributed by atoms with Crippen LogP contribution in [0.25, 0.3) is 0 Å². The number of amides is 1. The number of hydrogen-bond acceptors (Lipinski definition) is 4. The van der Waals surface area contributed by atoms with E-state index in [9.17, 15) is 14.9 Å². The molecule has 1 amide bonds. The SMILES string of the molecule is C/C(=N/NC(=O)c1ccc(C)cc1)c1cccc([N+](=O)[O-])c1. The lowest BCUT2D eigenvalue weighted by atomic mass is 10.1. The van der Waals surface area contributed by atoms with Crippen LogP contribution in [0.15, 0.2) is 53.6 Å². The minimum Gasteiger partial charge on any atom is -0.267 e. The molecule has 22 heavy (non-hydrogen) atoms. The molecule has 112 valence electrons. The zero-order valence-electron chi connectivity index (χ0n) is 12.2. The van der Waals surface area contributed by atoms with Gasteiger partial charge in [-0.3, -0.25) is 14.9 Å². The van der Waals surface area contributed by atoms with Gasteiger partial charge in [0.15, 0.2) is 0 Å². The molecule has 0 aliphatic heterocycles. The maximum Gasteiger partial charge on any atom is 0.271 e. The van der Waals surface area contributed by atoms with Gasteiger partial charge in [-0.1, -0.05) is 29.8 Å². The van der Waals surface area contributed by atoms with E-state index in [1.807, 2.05) is 19.1 Å². The molecule has 0 aromatic heterocycles. The highest BCUT2D eigenvalue weighted by Gasteiger charge is 2.08. The molecule has 0 unspecified atom stereocenters. The molecule has 6 heteroatoms. The summed E-state index contributed by atoms with van der Waals surface area (Å²) in [6, 6.07) is 13.2. The zero-order valence-corrected chi connectivity index (χ0v) is 12.2. The Morgan fingerprint density at radius 2 is 1.82 bits per heavy atom. The number of non-ortho nitro benzene ring substituents is 1. The lowest BCUT2D eigenvalue weighted by molar-refractivity contribution is -0.384. The summed E-state index contributed by atoms with van der Waals surface area (Å²) >= 11 is 0. The molecule has 2 rings (SSSR count). The summed E-state index contributed by atoms with van der Waals surface area (Å²) in [4.78, 5) is 22.2. The van der Waals surface area contributed by atoms with Gasteiger partial charge >= 0.3 is 0 Å². The molecule has 0 saturated carbocycles. The lowest BCUT2D eigenvalue weighted by Gasteiger charge is -2.03. The average molecular weight is 297 g/mol. The van der Waals surface area contributed by atoms with Gasteiger partial charge in [0, 0.05) is 23.3 Å². The van der Waals surface area contributed by atoms with Crippen LogP contribution < -0.4 is 5.43 Å². The van der Waals surface area contributed by atoms with Gasteiger partial charge in [0.05, 0.1) is 10.6 Å². The molecule has 0 saturated heterocycles. The monoisotopic (exact) mass is 297 g/mol. The smallest absolute Gasteiger partial charge is 0.267 e. The molecular formula is C16H15N3O3. The Balaban J connectivity index is 2.12. The van der Waals surface area contributed by atoms with Crippen molar-refractivity contribution in [3.63, 3.8) is 0 Å². The van der Waals surface area contributed by atoms with E-state index in [0.29, 0.717) is 16.8 Å². The van der Waals surface area contributed by atoms with Gasteiger partial charge in [-0.25, -0.2) is 5.43 Å². The Morgan fingerprint density at radius 3 is 2.45 bits per heavy atom. The molecule has 0 spiro atoms. The van der Waals surface area contributed by atoms with Crippen molar-refractivity contribution >= 4 is 17.3 Å². The maximum atomic E-state index is 11.9. The van der Waals surface area contributed by atoms with E-state index < -0.39 is 4.92 Å². The maximum absolute atomic E-state index is 11.9. The molecule has 6 nitrogen and oxygen atoms in total. The summed E-state index contributed by atoms with van der Waals surface area (Å²) in [5, 5.41) is 14.7. The van der Waals surface area contributed by atoms with Crippen molar-refractivity contribution in [3.8, 4) is 0 Å². The van der Waals surface area contributed by atoms with Gasteiger partial charge < -0.3 is 0 Å². The first-order valence-corrected chi connectivity index (χ1v) is 6.63. The standard InChI is InChI=1S/C16H15N3O3/c1-11-6-8-13(9-7-11)16(20)18-17-12(2)14-4-3-5-15(10-14)19(21)22/h3-10H,1-2H3,(H,18,20)/b17-12-. The minimum atomic E-state index is -0.471. The number of aryl methyl sites for hydroxylation is 1. The quantitative estimate of drug-likeness (QED) is 0.534. The third kappa shape index (κ3) is 3.76. The van der Waals surface area contributed by atoms with E-state index in [-0.39, 0.29) is 11.6 Å². The van der Waals surface area contributed by atoms with Crippen molar-refractivity contribution in [1.29, 1.82) is 0 Å². The fourth-order valence-corrected chi connectivity index (χ4v) is 1.81. The number of nitro benzene ring substituents is 1. The van der Waals surface area contributed by atoms with Crippen molar-refractivity contribution in [2.45, 2.75) is 13.8 Å². The molecule has 0 radical (unpaired) electrons. The van der Waals surface area contributed by atoms with Crippen LogP contribution in [0.2, 0.25) is 0 Å². The first kappa shape index (κ1) is 15.4. The van der Waals surface area contributed by atoms with Crippen LogP contribution in [-0.2, 0) is 0 Å². The van der Waals surface area contributed by atoms with Crippen molar-refractivity contribution in [2.24, 2.45) is 5.10 Å². The summed E-state index contributed by atoms with van der Waals surface area (Å²) in [6.45, 7) is 3.61. The number of nitrogens with one attached hydrogen (secondary N) is 1. The van der Waals surface area contributed by atoms with Crippen LogP contribution in [0.4, 0.5) is 5.69 Å². The molecule has 0 fully saturated rings. The molecule has 2 aromatic carbocycles. The van der Waals surface area contributed by atoms with E-state index in [1.54, 1.807) is 31.2 Å². The van der Waals surface area contributed by atoms with Crippen LogP contribution in [0.1, 0.15) is 28.4 Å². The third-order valence-corrected chi connectivity index (χ3v) is 3.11. The second kappa shape index (κ2) is 6.62. The van der Waals surface area contributed by atoms with Crippen LogP contribution >= 0.6 is 0 Å². The number of nitro groups is 1. The van der Waals surface area contributed by atoms with Crippen molar-refractivity contribution < 1.29 is 9.72 Å². The van der Waals surface area contributed by atoms with Crippen molar-refractivity contribution in [1.82, 2.24) is 5.43 Å². The Morgan fingerprint density at radius 1 is 1.14 bits per heavy atom. The molecule has 0 aliphatic carbocycles. The number of rotatable bonds is 4. The molecule has 0 atom stereocenters. The van der Waals surface area contributed by atoms with E-state index in [0.717, 1.165) is 5.56 Å². The highest BCUT2D eigenvalue weighted by Crippen LogP contribution is 2.13. The van der Waals surface area contributed by atoms with E-state index >= 15 is 0 Å². The first-order chi connectivity index (χ1) is 10.5. The van der Waals surface area contributed by atoms with E-state index in [1.165, 1.54) is 12.1 Å². The van der Waals surface area contributed by atoms with Crippen LogP contribution in [0, 0.1) is 17.0 Å². The molecule has 2 aromatic rings. The number of hydrogen-bond donors (Lipinski definition) is 1. The number of carbonyl (C=O) groups is 1. The fraction of sp³-hybridized carbons (Fsp3) is 0.125. The van der Waals surface area contributed by atoms with Gasteiger partial charge in [0.1, 0.15) is 0 Å². The normalized spacial score (nSPS) is 11.1. The second-order valence-corrected chi connectivity index (χ2v) is 4.81. The Bertz CT molecular complexity index is 737. The van der Waals surface area contributed by atoms with Crippen LogP contribution in [0.5, 0.6) is 0 Å². The average Bonchev–Trinajstić information content (AvgIpc) is 2.53. The number of nitrogens with zero attached hydrogens (tertiary/aromatic N) is 2. The van der Waals surface area contributed by atoms with Crippen LogP contribution in [-0.4, -0.2) is 16.5 Å². The Hall–Kier alpha value is -3.02. The zero-order chi connectivity index (χ0) is 16.1. The highest BCUT2D eigenvalue weighted by atomic mass is 16.6. The van der Waals surface area contributed by atoms with Gasteiger partial charge in [-0.2, -0.15) is 5.10 Å². The number of hydrazone groups is 1. The van der Waals surface area contributed by atoms with Crippen molar-refractivity contribution in [3.05, 3.63) is 75.3 Å². The molecule has 1 N–H and O–H groups in total. The predicted molar refractivity (Wildman–Crippen MR) is 84.0 cm³/mol. The third-order valence-electron chi connectivity index (χ3n) is 3.11. The van der Waals surface area contributed by atoms with Crippen LogP contribution in [0.3, 0.4) is 0 Å². The Labute approximate surface area is 127 Å². The highest BCUT2D eigenvalue weighted by molar-refractivity contribution is 6.01. The van der Waals surface area contributed by atoms with Gasteiger partial charge in [-0.05, 0) is 26.0 Å². The second-order valence-electron chi connectivity index (χ2n) is 4.81. The molecule has 0 bridgehead atoms. The summed E-state index contributed by atoms with van der Waals surface area (Å²) < 4.78 is 0. The topological polar surface area (TPSA) is 84.6 Å². The van der Waals surface area contributed by atoms with Crippen molar-refractivity contribution in [2.75, 3.05) is 0 Å².